The van der Waals surface area contributed by atoms with Crippen molar-refractivity contribution in [1.82, 2.24) is 4.90 Å². The quantitative estimate of drug-likeness (QED) is 0.454. The second kappa shape index (κ2) is 7.37. The predicted molar refractivity (Wildman–Crippen MR) is 76.0 cm³/mol. The van der Waals surface area contributed by atoms with E-state index in [0.29, 0.717) is 12.1 Å². The van der Waals surface area contributed by atoms with E-state index in [4.69, 9.17) is 0 Å². The zero-order valence-electron chi connectivity index (χ0n) is 12.3. The SMILES string of the molecule is CCN(CCC(=O)OC)C(=O)c1ccc(C)c([N+](=O)[O-])c1. The molecule has 0 heterocycles. The number of rotatable bonds is 6. The number of carbonyl (C=O) groups is 2. The van der Waals surface area contributed by atoms with E-state index in [9.17, 15) is 19.7 Å². The van der Waals surface area contributed by atoms with E-state index in [1.807, 2.05) is 0 Å². The van der Waals surface area contributed by atoms with E-state index in [1.54, 1.807) is 26.0 Å². The highest BCUT2D eigenvalue weighted by Crippen LogP contribution is 2.20. The normalized spacial score (nSPS) is 10.0. The molecular weight excluding hydrogens is 276 g/mol. The minimum atomic E-state index is -0.517. The molecule has 0 bridgehead atoms. The van der Waals surface area contributed by atoms with Crippen molar-refractivity contribution in [3.63, 3.8) is 0 Å². The molecule has 1 rings (SSSR count). The van der Waals surface area contributed by atoms with Gasteiger partial charge in [0.15, 0.2) is 0 Å². The standard InChI is InChI=1S/C14H18N2O5/c1-4-15(8-7-13(17)21-3)14(18)11-6-5-10(2)12(9-11)16(19)20/h5-6,9H,4,7-8H2,1-3H3. The van der Waals surface area contributed by atoms with Crippen LogP contribution in [0, 0.1) is 17.0 Å². The molecule has 21 heavy (non-hydrogen) atoms. The summed E-state index contributed by atoms with van der Waals surface area (Å²) in [4.78, 5) is 35.3. The molecule has 1 aromatic carbocycles. The van der Waals surface area contributed by atoms with Gasteiger partial charge in [0.05, 0.1) is 18.5 Å². The average Bonchev–Trinajstić information content (AvgIpc) is 2.47. The molecule has 0 aliphatic heterocycles. The number of nitro benzene ring substituents is 1. The van der Waals surface area contributed by atoms with Crippen LogP contribution in [-0.4, -0.2) is 41.9 Å². The number of ether oxygens (including phenoxy) is 1. The van der Waals surface area contributed by atoms with E-state index < -0.39 is 10.9 Å². The second-order valence-corrected chi connectivity index (χ2v) is 4.47. The summed E-state index contributed by atoms with van der Waals surface area (Å²) in [7, 11) is 1.28. The minimum Gasteiger partial charge on any atom is -0.469 e. The number of hydrogen-bond donors (Lipinski definition) is 0. The molecule has 0 spiro atoms. The minimum absolute atomic E-state index is 0.0873. The molecular formula is C14H18N2O5. The summed E-state index contributed by atoms with van der Waals surface area (Å²) in [5.41, 5.74) is 0.637. The van der Waals surface area contributed by atoms with Gasteiger partial charge in [0.25, 0.3) is 11.6 Å². The van der Waals surface area contributed by atoms with Crippen LogP contribution in [0.1, 0.15) is 29.3 Å². The first-order valence-electron chi connectivity index (χ1n) is 6.51. The van der Waals surface area contributed by atoms with Gasteiger partial charge in [-0.1, -0.05) is 6.07 Å². The van der Waals surface area contributed by atoms with Crippen LogP contribution in [0.3, 0.4) is 0 Å². The highest BCUT2D eigenvalue weighted by atomic mass is 16.6. The summed E-state index contributed by atoms with van der Waals surface area (Å²) in [5, 5.41) is 10.9. The van der Waals surface area contributed by atoms with Gasteiger partial charge in [-0.2, -0.15) is 0 Å². The molecule has 7 heteroatoms. The second-order valence-electron chi connectivity index (χ2n) is 4.47. The van der Waals surface area contributed by atoms with Crippen molar-refractivity contribution in [2.24, 2.45) is 0 Å². The lowest BCUT2D eigenvalue weighted by Gasteiger charge is -2.20. The van der Waals surface area contributed by atoms with E-state index in [2.05, 4.69) is 4.74 Å². The summed E-state index contributed by atoms with van der Waals surface area (Å²) in [6.45, 7) is 4.00. The Hall–Kier alpha value is -2.44. The third-order valence-corrected chi connectivity index (χ3v) is 3.14. The number of benzene rings is 1. The lowest BCUT2D eigenvalue weighted by molar-refractivity contribution is -0.385. The molecule has 7 nitrogen and oxygen atoms in total. The Morgan fingerprint density at radius 1 is 1.38 bits per heavy atom. The van der Waals surface area contributed by atoms with Crippen molar-refractivity contribution in [2.45, 2.75) is 20.3 Å². The van der Waals surface area contributed by atoms with Crippen LogP contribution in [0.15, 0.2) is 18.2 Å². The molecule has 0 unspecified atom stereocenters. The number of hydrogen-bond acceptors (Lipinski definition) is 5. The molecule has 0 atom stereocenters. The van der Waals surface area contributed by atoms with Gasteiger partial charge in [-0.3, -0.25) is 19.7 Å². The fraction of sp³-hybridized carbons (Fsp3) is 0.429. The third kappa shape index (κ3) is 4.27. The van der Waals surface area contributed by atoms with Crippen LogP contribution < -0.4 is 0 Å². The average molecular weight is 294 g/mol. The smallest absolute Gasteiger partial charge is 0.307 e. The fourth-order valence-electron chi connectivity index (χ4n) is 1.85. The number of nitro groups is 1. The Labute approximate surface area is 122 Å². The molecule has 0 aliphatic rings. The van der Waals surface area contributed by atoms with Crippen LogP contribution in [0.5, 0.6) is 0 Å². The molecule has 0 N–H and O–H groups in total. The summed E-state index contributed by atoms with van der Waals surface area (Å²) >= 11 is 0. The highest BCUT2D eigenvalue weighted by molar-refractivity contribution is 5.95. The largest absolute Gasteiger partial charge is 0.469 e. The van der Waals surface area contributed by atoms with Crippen molar-refractivity contribution < 1.29 is 19.2 Å². The maximum absolute atomic E-state index is 12.3. The molecule has 0 radical (unpaired) electrons. The monoisotopic (exact) mass is 294 g/mol. The van der Waals surface area contributed by atoms with Gasteiger partial charge in [0.2, 0.25) is 0 Å². The number of nitrogens with zero attached hydrogens (tertiary/aromatic N) is 2. The van der Waals surface area contributed by atoms with Gasteiger partial charge in [-0.05, 0) is 19.9 Å². The van der Waals surface area contributed by atoms with Crippen LogP contribution >= 0.6 is 0 Å². The molecule has 1 aromatic rings. The van der Waals surface area contributed by atoms with Crippen LogP contribution in [0.4, 0.5) is 5.69 Å². The summed E-state index contributed by atoms with van der Waals surface area (Å²) in [6, 6.07) is 4.35. The lowest BCUT2D eigenvalue weighted by atomic mass is 10.1. The highest BCUT2D eigenvalue weighted by Gasteiger charge is 2.19. The van der Waals surface area contributed by atoms with E-state index in [-0.39, 0.29) is 30.1 Å². The van der Waals surface area contributed by atoms with E-state index in [0.717, 1.165) is 0 Å². The third-order valence-electron chi connectivity index (χ3n) is 3.14. The summed E-state index contributed by atoms with van der Waals surface area (Å²) < 4.78 is 4.53. The summed E-state index contributed by atoms with van der Waals surface area (Å²) in [6.07, 6.45) is 0.0873. The predicted octanol–water partition coefficient (Wildman–Crippen LogP) is 1.93. The zero-order chi connectivity index (χ0) is 16.0. The van der Waals surface area contributed by atoms with Gasteiger partial charge in [-0.15, -0.1) is 0 Å². The van der Waals surface area contributed by atoms with Gasteiger partial charge < -0.3 is 9.64 Å². The Balaban J connectivity index is 2.92. The van der Waals surface area contributed by atoms with Crippen molar-refractivity contribution in [3.8, 4) is 0 Å². The molecule has 0 saturated heterocycles. The number of aryl methyl sites for hydroxylation is 1. The van der Waals surface area contributed by atoms with Crippen molar-refractivity contribution in [2.75, 3.05) is 20.2 Å². The van der Waals surface area contributed by atoms with Gasteiger partial charge in [-0.25, -0.2) is 0 Å². The first-order valence-corrected chi connectivity index (χ1v) is 6.51. The van der Waals surface area contributed by atoms with Gasteiger partial charge in [0.1, 0.15) is 0 Å². The van der Waals surface area contributed by atoms with Crippen molar-refractivity contribution >= 4 is 17.6 Å². The van der Waals surface area contributed by atoms with Crippen LogP contribution in [0.25, 0.3) is 0 Å². The Morgan fingerprint density at radius 2 is 2.05 bits per heavy atom. The topological polar surface area (TPSA) is 89.8 Å². The maximum Gasteiger partial charge on any atom is 0.307 e. The van der Waals surface area contributed by atoms with Crippen LogP contribution in [0.2, 0.25) is 0 Å². The Bertz CT molecular complexity index is 556. The zero-order valence-corrected chi connectivity index (χ0v) is 12.3. The first-order chi connectivity index (χ1) is 9.90. The maximum atomic E-state index is 12.3. The van der Waals surface area contributed by atoms with Gasteiger partial charge in [0, 0.05) is 30.3 Å². The summed E-state index contributed by atoms with van der Waals surface area (Å²) in [5.74, 6) is -0.749. The number of esters is 1. The van der Waals surface area contributed by atoms with Crippen molar-refractivity contribution in [3.05, 3.63) is 39.4 Å². The van der Waals surface area contributed by atoms with Crippen molar-refractivity contribution in [1.29, 1.82) is 0 Å². The number of carbonyl (C=O) groups excluding carboxylic acids is 2. The molecule has 0 aromatic heterocycles. The number of amides is 1. The lowest BCUT2D eigenvalue weighted by Crippen LogP contribution is -2.33. The molecule has 0 fully saturated rings. The fourth-order valence-corrected chi connectivity index (χ4v) is 1.85. The molecule has 114 valence electrons. The number of methoxy groups -OCH3 is 1. The van der Waals surface area contributed by atoms with E-state index in [1.165, 1.54) is 18.1 Å². The van der Waals surface area contributed by atoms with E-state index >= 15 is 0 Å². The first kappa shape index (κ1) is 16.6. The van der Waals surface area contributed by atoms with Gasteiger partial charge >= 0.3 is 5.97 Å². The molecule has 1 amide bonds. The Morgan fingerprint density at radius 3 is 2.57 bits per heavy atom. The molecule has 0 aliphatic carbocycles. The Kier molecular flexibility index (Phi) is 5.83. The van der Waals surface area contributed by atoms with Crippen LogP contribution in [-0.2, 0) is 9.53 Å². The molecule has 0 saturated carbocycles.